The van der Waals surface area contributed by atoms with Crippen molar-refractivity contribution in [1.82, 2.24) is 4.90 Å². The Labute approximate surface area is 110 Å². The van der Waals surface area contributed by atoms with Gasteiger partial charge >= 0.3 is 6.09 Å². The van der Waals surface area contributed by atoms with Crippen LogP contribution in [-0.2, 0) is 5.54 Å². The number of halogens is 1. The van der Waals surface area contributed by atoms with Crippen molar-refractivity contribution >= 4 is 12.0 Å². The van der Waals surface area contributed by atoms with Crippen LogP contribution in [0.2, 0.25) is 0 Å². The number of carbonyl (C=O) groups is 2. The first-order valence-electron chi connectivity index (χ1n) is 5.98. The molecule has 0 aliphatic carbocycles. The number of benzene rings is 1. The molecule has 0 saturated carbocycles. The number of rotatable bonds is 0. The summed E-state index contributed by atoms with van der Waals surface area (Å²) in [6.07, 6.45) is -1.32. The first kappa shape index (κ1) is 13.5. The molecular weight excluding hydrogens is 249 g/mol. The standard InChI is InChI=1S/C14H16FNO3/c1-13(2,3)14(4)10-6-5-8(15)7-9(10)11(17)16(14)12(18)19/h5-7H,1-4H3,(H,18,19). The van der Waals surface area contributed by atoms with Gasteiger partial charge in [-0.3, -0.25) is 4.79 Å². The van der Waals surface area contributed by atoms with Crippen LogP contribution in [0.3, 0.4) is 0 Å². The topological polar surface area (TPSA) is 57.6 Å². The zero-order valence-electron chi connectivity index (χ0n) is 11.3. The van der Waals surface area contributed by atoms with E-state index in [2.05, 4.69) is 0 Å². The number of hydrogen-bond acceptors (Lipinski definition) is 2. The van der Waals surface area contributed by atoms with E-state index in [4.69, 9.17) is 0 Å². The van der Waals surface area contributed by atoms with Crippen molar-refractivity contribution in [2.75, 3.05) is 0 Å². The Bertz CT molecular complexity index is 577. The van der Waals surface area contributed by atoms with Crippen molar-refractivity contribution < 1.29 is 19.1 Å². The molecule has 1 N–H and O–H groups in total. The van der Waals surface area contributed by atoms with Crippen LogP contribution in [0, 0.1) is 11.2 Å². The highest BCUT2D eigenvalue weighted by Crippen LogP contribution is 2.50. The van der Waals surface area contributed by atoms with Crippen LogP contribution in [0.1, 0.15) is 43.6 Å². The molecule has 1 aromatic carbocycles. The Kier molecular flexibility index (Phi) is 2.70. The van der Waals surface area contributed by atoms with Crippen LogP contribution >= 0.6 is 0 Å². The normalized spacial score (nSPS) is 22.6. The summed E-state index contributed by atoms with van der Waals surface area (Å²) >= 11 is 0. The van der Waals surface area contributed by atoms with Gasteiger partial charge in [0.2, 0.25) is 0 Å². The van der Waals surface area contributed by atoms with Gasteiger partial charge in [0.15, 0.2) is 0 Å². The smallest absolute Gasteiger partial charge is 0.415 e. The lowest BCUT2D eigenvalue weighted by atomic mass is 9.70. The van der Waals surface area contributed by atoms with E-state index in [1.807, 2.05) is 20.8 Å². The number of nitrogens with zero attached hydrogens (tertiary/aromatic N) is 1. The molecule has 1 aromatic rings. The SMILES string of the molecule is CC(C)(C)C1(C)c2ccc(F)cc2C(=O)N1C(=O)O. The first-order valence-corrected chi connectivity index (χ1v) is 5.98. The average Bonchev–Trinajstić information content (AvgIpc) is 2.48. The van der Waals surface area contributed by atoms with E-state index < -0.39 is 28.8 Å². The van der Waals surface area contributed by atoms with Crippen molar-refractivity contribution in [2.45, 2.75) is 33.2 Å². The molecule has 0 bridgehead atoms. The molecule has 0 saturated heterocycles. The Morgan fingerprint density at radius 3 is 2.42 bits per heavy atom. The summed E-state index contributed by atoms with van der Waals surface area (Å²) in [7, 11) is 0. The third-order valence-electron chi connectivity index (χ3n) is 4.04. The predicted molar refractivity (Wildman–Crippen MR) is 67.4 cm³/mol. The molecule has 102 valence electrons. The minimum absolute atomic E-state index is 0.125. The Hall–Kier alpha value is -1.91. The summed E-state index contributed by atoms with van der Waals surface area (Å²) in [4.78, 5) is 24.5. The van der Waals surface area contributed by atoms with Crippen molar-refractivity contribution in [3.05, 3.63) is 35.1 Å². The molecule has 1 atom stereocenters. The summed E-state index contributed by atoms with van der Waals surface area (Å²) in [6.45, 7) is 7.26. The van der Waals surface area contributed by atoms with E-state index in [1.54, 1.807) is 6.92 Å². The van der Waals surface area contributed by atoms with E-state index in [9.17, 15) is 19.1 Å². The fraction of sp³-hybridized carbons (Fsp3) is 0.429. The zero-order valence-corrected chi connectivity index (χ0v) is 11.3. The number of imide groups is 1. The van der Waals surface area contributed by atoms with Crippen LogP contribution < -0.4 is 0 Å². The molecule has 0 radical (unpaired) electrons. The summed E-state index contributed by atoms with van der Waals surface area (Å²) in [5.41, 5.74) is -0.850. The summed E-state index contributed by atoms with van der Waals surface area (Å²) < 4.78 is 13.3. The maximum atomic E-state index is 13.3. The van der Waals surface area contributed by atoms with Gasteiger partial charge in [0.05, 0.1) is 5.54 Å². The van der Waals surface area contributed by atoms with E-state index in [0.717, 1.165) is 11.0 Å². The lowest BCUT2D eigenvalue weighted by Gasteiger charge is -2.43. The Morgan fingerprint density at radius 1 is 1.37 bits per heavy atom. The lowest BCUT2D eigenvalue weighted by molar-refractivity contribution is 0.0230. The van der Waals surface area contributed by atoms with Crippen molar-refractivity contribution in [3.8, 4) is 0 Å². The highest BCUT2D eigenvalue weighted by atomic mass is 19.1. The molecule has 5 heteroatoms. The number of fused-ring (bicyclic) bond motifs is 1. The van der Waals surface area contributed by atoms with Gasteiger partial charge in [-0.25, -0.2) is 14.1 Å². The maximum absolute atomic E-state index is 13.3. The maximum Gasteiger partial charge on any atom is 0.415 e. The van der Waals surface area contributed by atoms with Crippen molar-refractivity contribution in [1.29, 1.82) is 0 Å². The van der Waals surface area contributed by atoms with Crippen LogP contribution in [0.4, 0.5) is 9.18 Å². The second-order valence-corrected chi connectivity index (χ2v) is 5.94. The molecule has 2 rings (SSSR count). The summed E-state index contributed by atoms with van der Waals surface area (Å²) in [6, 6.07) is 3.85. The van der Waals surface area contributed by atoms with Gasteiger partial charge in [0.1, 0.15) is 5.82 Å². The molecule has 1 unspecified atom stereocenters. The largest absolute Gasteiger partial charge is 0.465 e. The predicted octanol–water partition coefficient (Wildman–Crippen LogP) is 3.22. The quantitative estimate of drug-likeness (QED) is 0.783. The van der Waals surface area contributed by atoms with Crippen molar-refractivity contribution in [2.24, 2.45) is 5.41 Å². The fourth-order valence-electron chi connectivity index (χ4n) is 2.58. The van der Waals surface area contributed by atoms with Gasteiger partial charge in [0.25, 0.3) is 5.91 Å². The number of hydrogen-bond donors (Lipinski definition) is 1. The van der Waals surface area contributed by atoms with Gasteiger partial charge in [-0.1, -0.05) is 26.8 Å². The zero-order chi connectivity index (χ0) is 14.6. The molecule has 1 aliphatic heterocycles. The van der Waals surface area contributed by atoms with Crippen LogP contribution in [0.15, 0.2) is 18.2 Å². The van der Waals surface area contributed by atoms with E-state index >= 15 is 0 Å². The Morgan fingerprint density at radius 2 is 1.95 bits per heavy atom. The van der Waals surface area contributed by atoms with E-state index in [1.165, 1.54) is 12.1 Å². The molecule has 0 fully saturated rings. The second-order valence-electron chi connectivity index (χ2n) is 5.94. The van der Waals surface area contributed by atoms with Gasteiger partial charge in [0, 0.05) is 5.56 Å². The molecular formula is C14H16FNO3. The van der Waals surface area contributed by atoms with Gasteiger partial charge in [-0.15, -0.1) is 0 Å². The van der Waals surface area contributed by atoms with Crippen molar-refractivity contribution in [3.63, 3.8) is 0 Å². The third-order valence-corrected chi connectivity index (χ3v) is 4.04. The average molecular weight is 265 g/mol. The highest BCUT2D eigenvalue weighted by Gasteiger charge is 2.56. The summed E-state index contributed by atoms with van der Waals surface area (Å²) in [5, 5.41) is 9.34. The van der Waals surface area contributed by atoms with Gasteiger partial charge in [-0.05, 0) is 30.0 Å². The number of carbonyl (C=O) groups excluding carboxylic acids is 1. The van der Waals surface area contributed by atoms with E-state index in [0.29, 0.717) is 5.56 Å². The molecule has 0 aromatic heterocycles. The Balaban J connectivity index is 2.78. The fourth-order valence-corrected chi connectivity index (χ4v) is 2.58. The van der Waals surface area contributed by atoms with E-state index in [-0.39, 0.29) is 5.56 Å². The second kappa shape index (κ2) is 3.79. The third kappa shape index (κ3) is 1.64. The molecule has 19 heavy (non-hydrogen) atoms. The monoisotopic (exact) mass is 265 g/mol. The minimum atomic E-state index is -1.32. The molecule has 2 amide bonds. The number of amides is 2. The lowest BCUT2D eigenvalue weighted by Crippen LogP contribution is -2.52. The number of carboxylic acid groups (broad SMARTS) is 1. The van der Waals surface area contributed by atoms with Crippen LogP contribution in [0.5, 0.6) is 0 Å². The van der Waals surface area contributed by atoms with Crippen LogP contribution in [0.25, 0.3) is 0 Å². The first-order chi connectivity index (χ1) is 8.60. The molecule has 0 spiro atoms. The summed E-state index contributed by atoms with van der Waals surface area (Å²) in [5.74, 6) is -1.21. The molecule has 1 aliphatic rings. The van der Waals surface area contributed by atoms with Gasteiger partial charge in [-0.2, -0.15) is 0 Å². The molecule has 1 heterocycles. The van der Waals surface area contributed by atoms with Gasteiger partial charge < -0.3 is 5.11 Å². The highest BCUT2D eigenvalue weighted by molar-refractivity contribution is 6.07. The molecule has 4 nitrogen and oxygen atoms in total. The minimum Gasteiger partial charge on any atom is -0.465 e. The van der Waals surface area contributed by atoms with Crippen LogP contribution in [-0.4, -0.2) is 22.0 Å².